The number of piperidine rings is 1. The fourth-order valence-electron chi connectivity index (χ4n) is 3.39. The van der Waals surface area contributed by atoms with Gasteiger partial charge in [0.05, 0.1) is 13.2 Å². The molecule has 6 nitrogen and oxygen atoms in total. The summed E-state index contributed by atoms with van der Waals surface area (Å²) in [5.41, 5.74) is 2.31. The van der Waals surface area contributed by atoms with Gasteiger partial charge in [-0.1, -0.05) is 24.3 Å². The number of methoxy groups -OCH3 is 1. The molecule has 0 bridgehead atoms. The zero-order chi connectivity index (χ0) is 21.5. The lowest BCUT2D eigenvalue weighted by atomic mass is 10.1. The SMILES string of the molecule is COc1ccc(C(=O)NCc2ccc(CN3CCC(O)CC3)cc2)cc1OC(F)F. The van der Waals surface area contributed by atoms with Crippen LogP contribution in [-0.2, 0) is 13.1 Å². The third-order valence-corrected chi connectivity index (χ3v) is 5.08. The van der Waals surface area contributed by atoms with Crippen LogP contribution in [0.4, 0.5) is 8.78 Å². The van der Waals surface area contributed by atoms with Crippen molar-refractivity contribution < 1.29 is 28.2 Å². The largest absolute Gasteiger partial charge is 0.493 e. The minimum atomic E-state index is -3.01. The first kappa shape index (κ1) is 22.0. The van der Waals surface area contributed by atoms with E-state index in [1.54, 1.807) is 0 Å². The maximum Gasteiger partial charge on any atom is 0.387 e. The van der Waals surface area contributed by atoms with Crippen LogP contribution in [0.25, 0.3) is 0 Å². The lowest BCUT2D eigenvalue weighted by Crippen LogP contribution is -2.35. The number of likely N-dealkylation sites (tertiary alicyclic amines) is 1. The van der Waals surface area contributed by atoms with Crippen molar-refractivity contribution in [3.63, 3.8) is 0 Å². The molecule has 2 aromatic carbocycles. The zero-order valence-electron chi connectivity index (χ0n) is 16.8. The Kier molecular flexibility index (Phi) is 7.59. The summed E-state index contributed by atoms with van der Waals surface area (Å²) in [4.78, 5) is 14.7. The summed E-state index contributed by atoms with van der Waals surface area (Å²) in [7, 11) is 1.34. The molecule has 30 heavy (non-hydrogen) atoms. The number of halogens is 2. The number of aliphatic hydroxyl groups is 1. The number of carbonyl (C=O) groups excluding carboxylic acids is 1. The Morgan fingerprint density at radius 1 is 1.13 bits per heavy atom. The minimum absolute atomic E-state index is 0.130. The van der Waals surface area contributed by atoms with Crippen molar-refractivity contribution in [2.45, 2.75) is 38.6 Å². The van der Waals surface area contributed by atoms with Gasteiger partial charge in [-0.25, -0.2) is 0 Å². The van der Waals surface area contributed by atoms with E-state index in [1.807, 2.05) is 24.3 Å². The van der Waals surface area contributed by atoms with Gasteiger partial charge in [0, 0.05) is 31.7 Å². The Bertz CT molecular complexity index is 838. The number of amides is 1. The topological polar surface area (TPSA) is 71.0 Å². The van der Waals surface area contributed by atoms with Gasteiger partial charge < -0.3 is 19.9 Å². The van der Waals surface area contributed by atoms with E-state index in [0.717, 1.165) is 38.0 Å². The standard InChI is InChI=1S/C22H26F2N2O4/c1-29-19-7-6-17(12-20(19)30-22(23)24)21(28)25-13-15-2-4-16(5-3-15)14-26-10-8-18(27)9-11-26/h2-7,12,18,22,27H,8-11,13-14H2,1H3,(H,25,28). The average molecular weight is 420 g/mol. The fourth-order valence-corrected chi connectivity index (χ4v) is 3.39. The number of aliphatic hydroxyl groups excluding tert-OH is 1. The van der Waals surface area contributed by atoms with Gasteiger partial charge in [-0.2, -0.15) is 8.78 Å². The van der Waals surface area contributed by atoms with Crippen LogP contribution in [0, 0.1) is 0 Å². The molecule has 0 unspecified atom stereocenters. The molecule has 0 aromatic heterocycles. The van der Waals surface area contributed by atoms with E-state index < -0.39 is 12.5 Å². The number of carbonyl (C=O) groups is 1. The quantitative estimate of drug-likeness (QED) is 0.687. The number of rotatable bonds is 8. The van der Waals surface area contributed by atoms with Gasteiger partial charge >= 0.3 is 6.61 Å². The summed E-state index contributed by atoms with van der Waals surface area (Å²) in [6.45, 7) is -0.0915. The number of nitrogens with one attached hydrogen (secondary N) is 1. The second-order valence-corrected chi connectivity index (χ2v) is 7.25. The second kappa shape index (κ2) is 10.4. The molecule has 0 spiro atoms. The summed E-state index contributed by atoms with van der Waals surface area (Å²) >= 11 is 0. The Morgan fingerprint density at radius 2 is 1.80 bits per heavy atom. The first-order valence-corrected chi connectivity index (χ1v) is 9.84. The van der Waals surface area contributed by atoms with E-state index in [1.165, 1.54) is 30.9 Å². The molecule has 3 rings (SSSR count). The highest BCUT2D eigenvalue weighted by Crippen LogP contribution is 2.29. The van der Waals surface area contributed by atoms with E-state index in [-0.39, 0.29) is 23.2 Å². The molecule has 1 amide bonds. The molecule has 1 saturated heterocycles. The van der Waals surface area contributed by atoms with Gasteiger partial charge in [-0.05, 0) is 42.2 Å². The third kappa shape index (κ3) is 6.14. The number of hydrogen-bond acceptors (Lipinski definition) is 5. The average Bonchev–Trinajstić information content (AvgIpc) is 2.74. The lowest BCUT2D eigenvalue weighted by Gasteiger charge is -2.29. The number of nitrogens with zero attached hydrogens (tertiary/aromatic N) is 1. The van der Waals surface area contributed by atoms with Gasteiger partial charge in [0.25, 0.3) is 5.91 Å². The molecule has 1 heterocycles. The molecule has 2 aromatic rings. The van der Waals surface area contributed by atoms with E-state index in [2.05, 4.69) is 15.0 Å². The van der Waals surface area contributed by atoms with Crippen molar-refractivity contribution in [1.82, 2.24) is 10.2 Å². The van der Waals surface area contributed by atoms with Crippen molar-refractivity contribution in [3.05, 3.63) is 59.2 Å². The number of alkyl halides is 2. The van der Waals surface area contributed by atoms with Gasteiger partial charge in [0.1, 0.15) is 0 Å². The smallest absolute Gasteiger partial charge is 0.387 e. The first-order valence-electron chi connectivity index (χ1n) is 9.84. The molecule has 8 heteroatoms. The predicted octanol–water partition coefficient (Wildman–Crippen LogP) is 3.18. The molecule has 1 aliphatic heterocycles. The summed E-state index contributed by atoms with van der Waals surface area (Å²) in [5, 5.41) is 12.4. The molecule has 0 saturated carbocycles. The minimum Gasteiger partial charge on any atom is -0.493 e. The maximum absolute atomic E-state index is 12.5. The van der Waals surface area contributed by atoms with Crippen molar-refractivity contribution in [1.29, 1.82) is 0 Å². The second-order valence-electron chi connectivity index (χ2n) is 7.25. The Morgan fingerprint density at radius 3 is 2.43 bits per heavy atom. The van der Waals surface area contributed by atoms with Crippen LogP contribution in [0.3, 0.4) is 0 Å². The van der Waals surface area contributed by atoms with Crippen LogP contribution in [0.1, 0.15) is 34.3 Å². The highest BCUT2D eigenvalue weighted by atomic mass is 19.3. The molecule has 1 aliphatic rings. The highest BCUT2D eigenvalue weighted by Gasteiger charge is 2.17. The van der Waals surface area contributed by atoms with Crippen LogP contribution in [-0.4, -0.2) is 48.8 Å². The molecular weight excluding hydrogens is 394 g/mol. The van der Waals surface area contributed by atoms with Crippen LogP contribution in [0.5, 0.6) is 11.5 Å². The summed E-state index contributed by atoms with van der Waals surface area (Å²) in [5.74, 6) is -0.451. The van der Waals surface area contributed by atoms with Gasteiger partial charge in [-0.15, -0.1) is 0 Å². The molecule has 0 aliphatic carbocycles. The van der Waals surface area contributed by atoms with Crippen molar-refractivity contribution >= 4 is 5.91 Å². The van der Waals surface area contributed by atoms with E-state index >= 15 is 0 Å². The summed E-state index contributed by atoms with van der Waals surface area (Å²) in [6.07, 6.45) is 1.43. The summed E-state index contributed by atoms with van der Waals surface area (Å²) in [6, 6.07) is 12.1. The van der Waals surface area contributed by atoms with E-state index in [9.17, 15) is 18.7 Å². The normalized spacial score (nSPS) is 15.2. The van der Waals surface area contributed by atoms with Gasteiger partial charge in [-0.3, -0.25) is 9.69 Å². The van der Waals surface area contributed by atoms with Crippen LogP contribution in [0.2, 0.25) is 0 Å². The monoisotopic (exact) mass is 420 g/mol. The van der Waals surface area contributed by atoms with Crippen LogP contribution < -0.4 is 14.8 Å². The van der Waals surface area contributed by atoms with Crippen LogP contribution in [0.15, 0.2) is 42.5 Å². The molecular formula is C22H26F2N2O4. The summed E-state index contributed by atoms with van der Waals surface area (Å²) < 4.78 is 34.5. The lowest BCUT2D eigenvalue weighted by molar-refractivity contribution is -0.0512. The first-order chi connectivity index (χ1) is 14.4. The van der Waals surface area contributed by atoms with Crippen molar-refractivity contribution in [2.75, 3.05) is 20.2 Å². The molecule has 1 fully saturated rings. The number of benzene rings is 2. The van der Waals surface area contributed by atoms with Crippen LogP contribution >= 0.6 is 0 Å². The van der Waals surface area contributed by atoms with E-state index in [4.69, 9.17) is 4.74 Å². The molecule has 0 atom stereocenters. The Labute approximate surface area is 174 Å². The van der Waals surface area contributed by atoms with Gasteiger partial charge in [0.2, 0.25) is 0 Å². The van der Waals surface area contributed by atoms with Gasteiger partial charge in [0.15, 0.2) is 11.5 Å². The molecule has 2 N–H and O–H groups in total. The fraction of sp³-hybridized carbons (Fsp3) is 0.409. The highest BCUT2D eigenvalue weighted by molar-refractivity contribution is 5.94. The van der Waals surface area contributed by atoms with Crippen molar-refractivity contribution in [3.8, 4) is 11.5 Å². The number of hydrogen-bond donors (Lipinski definition) is 2. The molecule has 0 radical (unpaired) electrons. The van der Waals surface area contributed by atoms with E-state index in [0.29, 0.717) is 6.54 Å². The predicted molar refractivity (Wildman–Crippen MR) is 108 cm³/mol. The van der Waals surface area contributed by atoms with Crippen molar-refractivity contribution in [2.24, 2.45) is 0 Å². The zero-order valence-corrected chi connectivity index (χ0v) is 16.8. The number of ether oxygens (including phenoxy) is 2. The Hall–Kier alpha value is -2.71. The molecule has 162 valence electrons. The Balaban J connectivity index is 1.54. The maximum atomic E-state index is 12.5. The third-order valence-electron chi connectivity index (χ3n) is 5.08.